The SMILES string of the molecule is COCCNCc1ccc(N2CC(C)C(C)C2)nc1. The van der Waals surface area contributed by atoms with E-state index in [1.807, 2.05) is 6.20 Å². The van der Waals surface area contributed by atoms with Gasteiger partial charge in [-0.15, -0.1) is 0 Å². The molecule has 1 saturated heterocycles. The van der Waals surface area contributed by atoms with Gasteiger partial charge in [-0.25, -0.2) is 4.98 Å². The number of anilines is 1. The summed E-state index contributed by atoms with van der Waals surface area (Å²) in [6.07, 6.45) is 1.97. The second-order valence-corrected chi connectivity index (χ2v) is 5.55. The molecule has 1 aliphatic heterocycles. The molecule has 1 N–H and O–H groups in total. The highest BCUT2D eigenvalue weighted by atomic mass is 16.5. The summed E-state index contributed by atoms with van der Waals surface area (Å²) < 4.78 is 5.00. The van der Waals surface area contributed by atoms with Crippen molar-refractivity contribution in [3.05, 3.63) is 23.9 Å². The first-order valence-corrected chi connectivity index (χ1v) is 7.10. The van der Waals surface area contributed by atoms with E-state index in [1.165, 1.54) is 5.56 Å². The Morgan fingerprint density at radius 3 is 2.63 bits per heavy atom. The fourth-order valence-corrected chi connectivity index (χ4v) is 2.43. The monoisotopic (exact) mass is 263 g/mol. The van der Waals surface area contributed by atoms with Gasteiger partial charge in [0.15, 0.2) is 0 Å². The zero-order valence-electron chi connectivity index (χ0n) is 12.2. The molecule has 2 heterocycles. The van der Waals surface area contributed by atoms with Crippen molar-refractivity contribution in [2.45, 2.75) is 20.4 Å². The van der Waals surface area contributed by atoms with Crippen LogP contribution in [-0.4, -0.2) is 38.3 Å². The first-order valence-electron chi connectivity index (χ1n) is 7.10. The van der Waals surface area contributed by atoms with Crippen molar-refractivity contribution in [3.8, 4) is 0 Å². The summed E-state index contributed by atoms with van der Waals surface area (Å²) in [5.74, 6) is 2.63. The lowest BCUT2D eigenvalue weighted by molar-refractivity contribution is 0.199. The normalized spacial score (nSPS) is 23.0. The van der Waals surface area contributed by atoms with E-state index in [0.717, 1.165) is 50.4 Å². The molecule has 2 rings (SSSR count). The number of nitrogens with zero attached hydrogens (tertiary/aromatic N) is 2. The Morgan fingerprint density at radius 1 is 1.32 bits per heavy atom. The minimum Gasteiger partial charge on any atom is -0.383 e. The van der Waals surface area contributed by atoms with Crippen LogP contribution in [0.4, 0.5) is 5.82 Å². The van der Waals surface area contributed by atoms with E-state index in [2.05, 4.69) is 41.2 Å². The van der Waals surface area contributed by atoms with E-state index < -0.39 is 0 Å². The number of rotatable bonds is 6. The summed E-state index contributed by atoms with van der Waals surface area (Å²) in [5.41, 5.74) is 1.22. The molecule has 2 atom stereocenters. The summed E-state index contributed by atoms with van der Waals surface area (Å²) >= 11 is 0. The van der Waals surface area contributed by atoms with Crippen LogP contribution in [0.1, 0.15) is 19.4 Å². The highest BCUT2D eigenvalue weighted by Gasteiger charge is 2.26. The number of methoxy groups -OCH3 is 1. The number of hydrogen-bond donors (Lipinski definition) is 1. The maximum Gasteiger partial charge on any atom is 0.128 e. The van der Waals surface area contributed by atoms with Gasteiger partial charge in [-0.05, 0) is 23.5 Å². The van der Waals surface area contributed by atoms with Crippen LogP contribution in [0.3, 0.4) is 0 Å². The quantitative estimate of drug-likeness (QED) is 0.796. The molecule has 0 amide bonds. The van der Waals surface area contributed by atoms with E-state index >= 15 is 0 Å². The highest BCUT2D eigenvalue weighted by Crippen LogP contribution is 2.26. The Kier molecular flexibility index (Phi) is 5.16. The molecule has 0 spiro atoms. The second-order valence-electron chi connectivity index (χ2n) is 5.55. The van der Waals surface area contributed by atoms with E-state index in [0.29, 0.717) is 0 Å². The van der Waals surface area contributed by atoms with Gasteiger partial charge < -0.3 is 15.0 Å². The van der Waals surface area contributed by atoms with Gasteiger partial charge in [-0.3, -0.25) is 0 Å². The Balaban J connectivity index is 1.85. The van der Waals surface area contributed by atoms with Crippen molar-refractivity contribution in [2.24, 2.45) is 11.8 Å². The molecule has 4 nitrogen and oxygen atoms in total. The van der Waals surface area contributed by atoms with Crippen LogP contribution in [0.5, 0.6) is 0 Å². The summed E-state index contributed by atoms with van der Waals surface area (Å²) in [4.78, 5) is 6.97. The average molecular weight is 263 g/mol. The Hall–Kier alpha value is -1.13. The molecule has 1 aromatic rings. The standard InChI is InChI=1S/C15H25N3O/c1-12-10-18(11-13(12)2)15-5-4-14(9-17-15)8-16-6-7-19-3/h4-5,9,12-13,16H,6-8,10-11H2,1-3H3. The predicted molar refractivity (Wildman–Crippen MR) is 78.4 cm³/mol. The van der Waals surface area contributed by atoms with Crippen LogP contribution >= 0.6 is 0 Å². The van der Waals surface area contributed by atoms with Crippen LogP contribution in [0.25, 0.3) is 0 Å². The van der Waals surface area contributed by atoms with Gasteiger partial charge in [-0.2, -0.15) is 0 Å². The molecule has 1 fully saturated rings. The third-order valence-electron chi connectivity index (χ3n) is 3.93. The van der Waals surface area contributed by atoms with Gasteiger partial charge >= 0.3 is 0 Å². The van der Waals surface area contributed by atoms with E-state index in [9.17, 15) is 0 Å². The molecule has 1 aromatic heterocycles. The van der Waals surface area contributed by atoms with Gasteiger partial charge in [-0.1, -0.05) is 19.9 Å². The molecule has 0 bridgehead atoms. The van der Waals surface area contributed by atoms with Gasteiger partial charge in [0.05, 0.1) is 6.61 Å². The average Bonchev–Trinajstić information content (AvgIpc) is 2.76. The lowest BCUT2D eigenvalue weighted by Crippen LogP contribution is -2.21. The molecular formula is C15H25N3O. The summed E-state index contributed by atoms with van der Waals surface area (Å²) in [6.45, 7) is 9.36. The third-order valence-corrected chi connectivity index (χ3v) is 3.93. The molecule has 0 aliphatic carbocycles. The number of hydrogen-bond acceptors (Lipinski definition) is 4. The second kappa shape index (κ2) is 6.87. The molecule has 0 aromatic carbocycles. The lowest BCUT2D eigenvalue weighted by atomic mass is 10.0. The third kappa shape index (κ3) is 3.91. The molecule has 1 aliphatic rings. The number of nitrogens with one attached hydrogen (secondary N) is 1. The van der Waals surface area contributed by atoms with Crippen LogP contribution in [0.15, 0.2) is 18.3 Å². The number of pyridine rings is 1. The summed E-state index contributed by atoms with van der Waals surface area (Å²) in [5, 5.41) is 3.33. The van der Waals surface area contributed by atoms with Gasteiger partial charge in [0.1, 0.15) is 5.82 Å². The van der Waals surface area contributed by atoms with Crippen molar-refractivity contribution in [1.29, 1.82) is 0 Å². The number of aromatic nitrogens is 1. The fraction of sp³-hybridized carbons (Fsp3) is 0.667. The summed E-state index contributed by atoms with van der Waals surface area (Å²) in [6, 6.07) is 4.30. The Bertz CT molecular complexity index is 369. The molecule has 19 heavy (non-hydrogen) atoms. The highest BCUT2D eigenvalue weighted by molar-refractivity contribution is 5.40. The molecular weight excluding hydrogens is 238 g/mol. The molecule has 0 saturated carbocycles. The predicted octanol–water partition coefficient (Wildman–Crippen LogP) is 1.91. The topological polar surface area (TPSA) is 37.4 Å². The fourth-order valence-electron chi connectivity index (χ4n) is 2.43. The number of ether oxygens (including phenoxy) is 1. The van der Waals surface area contributed by atoms with Gasteiger partial charge in [0.25, 0.3) is 0 Å². The van der Waals surface area contributed by atoms with Gasteiger partial charge in [0.2, 0.25) is 0 Å². The maximum atomic E-state index is 5.00. The smallest absolute Gasteiger partial charge is 0.128 e. The molecule has 4 heteroatoms. The first-order chi connectivity index (χ1) is 9.20. The molecule has 0 radical (unpaired) electrons. The minimum atomic E-state index is 0.745. The van der Waals surface area contributed by atoms with Crippen LogP contribution < -0.4 is 10.2 Å². The van der Waals surface area contributed by atoms with E-state index in [4.69, 9.17) is 4.74 Å². The van der Waals surface area contributed by atoms with Crippen LogP contribution in [0, 0.1) is 11.8 Å². The van der Waals surface area contributed by atoms with Crippen molar-refractivity contribution >= 4 is 5.82 Å². The van der Waals surface area contributed by atoms with Crippen molar-refractivity contribution < 1.29 is 4.74 Å². The first kappa shape index (κ1) is 14.3. The molecule has 2 unspecified atom stereocenters. The zero-order valence-corrected chi connectivity index (χ0v) is 12.2. The maximum absolute atomic E-state index is 5.00. The molecule has 106 valence electrons. The van der Waals surface area contributed by atoms with Crippen LogP contribution in [0.2, 0.25) is 0 Å². The Morgan fingerprint density at radius 2 is 2.05 bits per heavy atom. The largest absolute Gasteiger partial charge is 0.383 e. The van der Waals surface area contributed by atoms with Crippen molar-refractivity contribution in [2.75, 3.05) is 38.3 Å². The van der Waals surface area contributed by atoms with Crippen LogP contribution in [-0.2, 0) is 11.3 Å². The van der Waals surface area contributed by atoms with E-state index in [-0.39, 0.29) is 0 Å². The van der Waals surface area contributed by atoms with Crippen molar-refractivity contribution in [3.63, 3.8) is 0 Å². The van der Waals surface area contributed by atoms with E-state index in [1.54, 1.807) is 7.11 Å². The lowest BCUT2D eigenvalue weighted by Gasteiger charge is -2.17. The van der Waals surface area contributed by atoms with Crippen molar-refractivity contribution in [1.82, 2.24) is 10.3 Å². The zero-order chi connectivity index (χ0) is 13.7. The van der Waals surface area contributed by atoms with Gasteiger partial charge in [0, 0.05) is 39.5 Å². The minimum absolute atomic E-state index is 0.745. The Labute approximate surface area is 116 Å². The summed E-state index contributed by atoms with van der Waals surface area (Å²) in [7, 11) is 1.72.